The highest BCUT2D eigenvalue weighted by Gasteiger charge is 2.29. The Balaban J connectivity index is 4.88. The van der Waals surface area contributed by atoms with Crippen molar-refractivity contribution in [2.24, 2.45) is 5.73 Å². The van der Waals surface area contributed by atoms with E-state index in [-0.39, 0.29) is 18.6 Å². The third-order valence-electron chi connectivity index (χ3n) is 2.91. The molecule has 1 unspecified atom stereocenters. The number of carboxylic acid groups (broad SMARTS) is 2. The monoisotopic (exact) mass is 415 g/mol. The fourth-order valence-corrected chi connectivity index (χ4v) is 4.04. The van der Waals surface area contributed by atoms with E-state index in [4.69, 9.17) is 25.0 Å². The molecule has 6 N–H and O–H groups in total. The molecule has 2 atom stereocenters. The summed E-state index contributed by atoms with van der Waals surface area (Å²) in [6, 6.07) is -2.48. The zero-order valence-corrected chi connectivity index (χ0v) is 15.9. The third-order valence-corrected chi connectivity index (χ3v) is 6.90. The van der Waals surface area contributed by atoms with E-state index in [2.05, 4.69) is 10.6 Å². The van der Waals surface area contributed by atoms with Crippen molar-refractivity contribution >= 4 is 41.9 Å². The van der Waals surface area contributed by atoms with Gasteiger partial charge in [-0.05, 0) is 17.8 Å². The van der Waals surface area contributed by atoms with E-state index in [0.717, 1.165) is 14.2 Å². The number of nitrogens with two attached hydrogens (primary N) is 1. The molecule has 26 heavy (non-hydrogen) atoms. The van der Waals surface area contributed by atoms with Crippen molar-refractivity contribution in [1.82, 2.24) is 10.6 Å². The SMILES string of the molecule is COP(=O)(OC)SCC(NC(=O)CC[C@H](N)C(=O)O)C(=O)NCC(=O)O. The van der Waals surface area contributed by atoms with Crippen molar-refractivity contribution in [3.05, 3.63) is 0 Å². The summed E-state index contributed by atoms with van der Waals surface area (Å²) in [5, 5.41) is 21.7. The summed E-state index contributed by atoms with van der Waals surface area (Å²) < 4.78 is 21.4. The van der Waals surface area contributed by atoms with Crippen LogP contribution in [0.15, 0.2) is 0 Å². The smallest absolute Gasteiger partial charge is 0.388 e. The molecule has 14 heteroatoms. The summed E-state index contributed by atoms with van der Waals surface area (Å²) in [6.45, 7) is -4.20. The summed E-state index contributed by atoms with van der Waals surface area (Å²) in [5.41, 5.74) is 5.29. The molecule has 0 heterocycles. The van der Waals surface area contributed by atoms with Crippen LogP contribution in [-0.4, -0.2) is 72.6 Å². The summed E-state index contributed by atoms with van der Waals surface area (Å²) in [7, 11) is 2.28. The van der Waals surface area contributed by atoms with Gasteiger partial charge >= 0.3 is 18.7 Å². The van der Waals surface area contributed by atoms with Crippen LogP contribution in [0.4, 0.5) is 0 Å². The van der Waals surface area contributed by atoms with Crippen LogP contribution in [0.1, 0.15) is 12.8 Å². The van der Waals surface area contributed by atoms with E-state index in [1.807, 2.05) is 0 Å². The summed E-state index contributed by atoms with van der Waals surface area (Å²) in [6.07, 6.45) is -0.431. The van der Waals surface area contributed by atoms with E-state index in [1.165, 1.54) is 0 Å². The minimum atomic E-state index is -3.53. The minimum absolute atomic E-state index is 0.160. The second kappa shape index (κ2) is 11.9. The quantitative estimate of drug-likeness (QED) is 0.231. The lowest BCUT2D eigenvalue weighted by atomic mass is 10.1. The molecule has 12 nitrogen and oxygen atoms in total. The molecule has 0 aromatic heterocycles. The zero-order valence-electron chi connectivity index (χ0n) is 14.2. The first kappa shape index (κ1) is 24.3. The maximum Gasteiger partial charge on any atom is 0.388 e. The Kier molecular flexibility index (Phi) is 11.1. The van der Waals surface area contributed by atoms with Crippen molar-refractivity contribution in [2.75, 3.05) is 26.5 Å². The van der Waals surface area contributed by atoms with Gasteiger partial charge in [0, 0.05) is 26.4 Å². The number of rotatable bonds is 13. The number of carbonyl (C=O) groups is 4. The Hall–Kier alpha value is -1.66. The van der Waals surface area contributed by atoms with Gasteiger partial charge in [0.2, 0.25) is 11.8 Å². The van der Waals surface area contributed by atoms with Crippen LogP contribution in [0, 0.1) is 0 Å². The summed E-state index contributed by atoms with van der Waals surface area (Å²) in [5.74, 6) is -4.30. The highest BCUT2D eigenvalue weighted by molar-refractivity contribution is 8.55. The lowest BCUT2D eigenvalue weighted by molar-refractivity contribution is -0.139. The molecule has 0 aliphatic rings. The molecule has 0 saturated carbocycles. The number of carbonyl (C=O) groups excluding carboxylic acids is 2. The number of amides is 2. The maximum absolute atomic E-state index is 12.0. The van der Waals surface area contributed by atoms with Crippen LogP contribution in [0.3, 0.4) is 0 Å². The van der Waals surface area contributed by atoms with E-state index in [1.54, 1.807) is 0 Å². The second-order valence-electron chi connectivity index (χ2n) is 4.82. The van der Waals surface area contributed by atoms with Gasteiger partial charge in [0.15, 0.2) is 0 Å². The molecule has 0 spiro atoms. The predicted octanol–water partition coefficient (Wildman–Crippen LogP) is -1.00. The number of hydrogen-bond acceptors (Lipinski definition) is 9. The average Bonchev–Trinajstić information content (AvgIpc) is 2.60. The summed E-state index contributed by atoms with van der Waals surface area (Å²) in [4.78, 5) is 45.1. The number of carboxylic acids is 2. The minimum Gasteiger partial charge on any atom is -0.480 e. The molecular weight excluding hydrogens is 393 g/mol. The molecule has 0 bridgehead atoms. The Morgan fingerprint density at radius 2 is 1.77 bits per heavy atom. The van der Waals surface area contributed by atoms with Crippen LogP contribution in [0.25, 0.3) is 0 Å². The zero-order chi connectivity index (χ0) is 20.3. The van der Waals surface area contributed by atoms with Crippen molar-refractivity contribution in [1.29, 1.82) is 0 Å². The van der Waals surface area contributed by atoms with E-state index >= 15 is 0 Å². The number of nitrogens with one attached hydrogen (secondary N) is 2. The van der Waals surface area contributed by atoms with Gasteiger partial charge in [0.1, 0.15) is 18.6 Å². The molecule has 0 radical (unpaired) electrons. The van der Waals surface area contributed by atoms with Gasteiger partial charge in [0.05, 0.1) is 0 Å². The van der Waals surface area contributed by atoms with Gasteiger partial charge in [-0.3, -0.25) is 19.2 Å². The fourth-order valence-electron chi connectivity index (χ4n) is 1.49. The van der Waals surface area contributed by atoms with Crippen LogP contribution in [0.2, 0.25) is 0 Å². The molecular formula is C12H22N3O9PS. The van der Waals surface area contributed by atoms with E-state index in [0.29, 0.717) is 11.4 Å². The van der Waals surface area contributed by atoms with Crippen molar-refractivity contribution in [3.63, 3.8) is 0 Å². The highest BCUT2D eigenvalue weighted by atomic mass is 32.7. The lowest BCUT2D eigenvalue weighted by Crippen LogP contribution is -2.49. The molecule has 0 aromatic carbocycles. The predicted molar refractivity (Wildman–Crippen MR) is 91.5 cm³/mol. The number of aliphatic carboxylic acids is 2. The summed E-state index contributed by atoms with van der Waals surface area (Å²) >= 11 is 0.635. The Morgan fingerprint density at radius 3 is 2.23 bits per heavy atom. The van der Waals surface area contributed by atoms with Gasteiger partial charge in [-0.15, -0.1) is 0 Å². The second-order valence-corrected chi connectivity index (χ2v) is 9.16. The van der Waals surface area contributed by atoms with Crippen LogP contribution < -0.4 is 16.4 Å². The van der Waals surface area contributed by atoms with Crippen LogP contribution >= 0.6 is 18.2 Å². The highest BCUT2D eigenvalue weighted by Crippen LogP contribution is 2.59. The normalized spacial score (nSPS) is 13.5. The molecule has 0 aliphatic heterocycles. The molecule has 0 aromatic rings. The molecule has 2 amide bonds. The molecule has 0 saturated heterocycles. The van der Waals surface area contributed by atoms with E-state index < -0.39 is 49.2 Å². The Bertz CT molecular complexity index is 566. The maximum atomic E-state index is 12.0. The third kappa shape index (κ3) is 9.73. The largest absolute Gasteiger partial charge is 0.480 e. The Labute approximate surface area is 153 Å². The van der Waals surface area contributed by atoms with Gasteiger partial charge < -0.3 is 35.6 Å². The van der Waals surface area contributed by atoms with Crippen molar-refractivity contribution < 1.29 is 43.0 Å². The van der Waals surface area contributed by atoms with Crippen LogP contribution in [-0.2, 0) is 32.8 Å². The van der Waals surface area contributed by atoms with E-state index in [9.17, 15) is 23.7 Å². The lowest BCUT2D eigenvalue weighted by Gasteiger charge is -2.20. The number of hydrogen-bond donors (Lipinski definition) is 5. The first-order valence-corrected chi connectivity index (χ1v) is 10.3. The first-order valence-electron chi connectivity index (χ1n) is 7.18. The first-order chi connectivity index (χ1) is 12.0. The topological polar surface area (TPSA) is 194 Å². The van der Waals surface area contributed by atoms with Gasteiger partial charge in [0.25, 0.3) is 0 Å². The van der Waals surface area contributed by atoms with Gasteiger partial charge in [-0.25, -0.2) is 4.57 Å². The molecule has 0 rings (SSSR count). The fraction of sp³-hybridized carbons (Fsp3) is 0.667. The van der Waals surface area contributed by atoms with Crippen molar-refractivity contribution in [2.45, 2.75) is 24.9 Å². The van der Waals surface area contributed by atoms with Crippen LogP contribution in [0.5, 0.6) is 0 Å². The van der Waals surface area contributed by atoms with Gasteiger partial charge in [-0.2, -0.15) is 0 Å². The standard InChI is InChI=1S/C12H22N3O9PS/c1-23-25(22,24-2)26-6-8(11(19)14-5-10(17)18)15-9(16)4-3-7(13)12(20)21/h7-8H,3-6,13H2,1-2H3,(H,14,19)(H,15,16)(H,17,18)(H,20,21)/t7-,8?/m0/s1. The Morgan fingerprint density at radius 1 is 1.19 bits per heavy atom. The molecule has 0 fully saturated rings. The van der Waals surface area contributed by atoms with Crippen molar-refractivity contribution in [3.8, 4) is 0 Å². The van der Waals surface area contributed by atoms with Gasteiger partial charge in [-0.1, -0.05) is 0 Å². The molecule has 0 aliphatic carbocycles. The molecule has 150 valence electrons. The average molecular weight is 415 g/mol.